The summed E-state index contributed by atoms with van der Waals surface area (Å²) in [5.41, 5.74) is 0. The molecule has 0 aromatic rings. The third-order valence-corrected chi connectivity index (χ3v) is 0. The van der Waals surface area contributed by atoms with Crippen LogP contribution < -0.4 is 0 Å². The van der Waals surface area contributed by atoms with Crippen LogP contribution in [0.1, 0.15) is 0 Å². The van der Waals surface area contributed by atoms with Crippen molar-refractivity contribution in [3.8, 4) is 0 Å². The van der Waals surface area contributed by atoms with Gasteiger partial charge in [-0.3, -0.25) is 4.79 Å². The molecule has 3 heteroatoms. The van der Waals surface area contributed by atoms with Gasteiger partial charge in [0.15, 0.2) is 0 Å². The van der Waals surface area contributed by atoms with Crippen molar-refractivity contribution in [1.29, 1.82) is 0 Å². The van der Waals surface area contributed by atoms with Gasteiger partial charge in [-0.25, -0.2) is 0 Å². The first-order valence-electron chi connectivity index (χ1n) is 0.494. The molecular weight excluding hydrogens is 51.0 g/mol. The van der Waals surface area contributed by atoms with Gasteiger partial charge in [0.05, 0.1) is 0 Å². The van der Waals surface area contributed by atoms with Crippen LogP contribution in [0.4, 0.5) is 0 Å². The van der Waals surface area contributed by atoms with Gasteiger partial charge >= 0.3 is 18.9 Å². The Morgan fingerprint density at radius 3 is 1.75 bits per heavy atom. The first-order chi connectivity index (χ1) is 1.41. The Morgan fingerprint density at radius 1 is 1.75 bits per heavy atom. The van der Waals surface area contributed by atoms with Crippen molar-refractivity contribution in [2.24, 2.45) is 0 Å². The summed E-state index contributed by atoms with van der Waals surface area (Å²) in [7, 11) is 0. The van der Waals surface area contributed by atoms with E-state index in [2.05, 4.69) is 0 Å². The van der Waals surface area contributed by atoms with E-state index in [0.29, 0.717) is 0 Å². The second-order valence-corrected chi connectivity index (χ2v) is 0.105. The molecule has 0 radical (unpaired) electrons. The van der Waals surface area contributed by atoms with Gasteiger partial charge in [0.1, 0.15) is 0 Å². The van der Waals surface area contributed by atoms with Gasteiger partial charge < -0.3 is 5.11 Å². The Balaban J connectivity index is 0. The normalized spacial score (nSPS) is 3.00. The quantitative estimate of drug-likeness (QED) is 0.286. The van der Waals surface area contributed by atoms with E-state index in [1.807, 2.05) is 0 Å². The maximum atomic E-state index is 8.36. The van der Waals surface area contributed by atoms with Crippen LogP contribution in [0.3, 0.4) is 0 Å². The average molecular weight is 54.0 g/mol. The van der Waals surface area contributed by atoms with Gasteiger partial charge in [0, 0.05) is 0 Å². The Hall–Kier alpha value is 0.0674. The zero-order chi connectivity index (χ0) is 2.71. The zero-order valence-electron chi connectivity index (χ0n) is 1.43. The Kier molecular flexibility index (Phi) is 25.8. The van der Waals surface area contributed by atoms with Gasteiger partial charge in [0.2, 0.25) is 0 Å². The summed E-state index contributed by atoms with van der Waals surface area (Å²) in [4.78, 5) is 8.36. The van der Waals surface area contributed by atoms with Crippen LogP contribution in [0, 0.1) is 0 Å². The van der Waals surface area contributed by atoms with Crippen molar-refractivity contribution >= 4 is 25.3 Å². The molecule has 0 saturated carbocycles. The summed E-state index contributed by atoms with van der Waals surface area (Å²) in [5.74, 6) is 0. The standard InChI is InChI=1S/CH2O2.Li.H/c2-1-3;;/h1H,(H,2,3);;. The molecule has 0 heterocycles. The molecule has 0 amide bonds. The van der Waals surface area contributed by atoms with Crippen molar-refractivity contribution in [2.45, 2.75) is 0 Å². The van der Waals surface area contributed by atoms with E-state index in [0.717, 1.165) is 0 Å². The van der Waals surface area contributed by atoms with E-state index >= 15 is 0 Å². The van der Waals surface area contributed by atoms with Gasteiger partial charge in [-0.05, 0) is 0 Å². The number of hydrogen-bond donors (Lipinski definition) is 1. The summed E-state index contributed by atoms with van der Waals surface area (Å²) >= 11 is 0. The first-order valence-corrected chi connectivity index (χ1v) is 0.494. The predicted molar refractivity (Wildman–Crippen MR) is 15.8 cm³/mol. The fourth-order valence-corrected chi connectivity index (χ4v) is 0. The molecule has 0 rings (SSSR count). The molecule has 0 aromatic heterocycles. The van der Waals surface area contributed by atoms with Crippen molar-refractivity contribution in [2.75, 3.05) is 0 Å². The van der Waals surface area contributed by atoms with Crippen LogP contribution in [-0.4, -0.2) is 30.4 Å². The molecular formula is CH3LiO2. The number of carbonyl (C=O) groups is 1. The molecule has 0 fully saturated rings. The Bertz CT molecular complexity index is 13.5. The molecule has 4 heavy (non-hydrogen) atoms. The van der Waals surface area contributed by atoms with Crippen molar-refractivity contribution in [3.05, 3.63) is 0 Å². The van der Waals surface area contributed by atoms with E-state index in [9.17, 15) is 0 Å². The molecule has 20 valence electrons. The summed E-state index contributed by atoms with van der Waals surface area (Å²) < 4.78 is 0. The van der Waals surface area contributed by atoms with Crippen molar-refractivity contribution in [1.82, 2.24) is 0 Å². The summed E-state index contributed by atoms with van der Waals surface area (Å²) in [6, 6.07) is 0. The minimum atomic E-state index is -0.250. The summed E-state index contributed by atoms with van der Waals surface area (Å²) in [6.07, 6.45) is 0. The number of hydrogen-bond acceptors (Lipinski definition) is 1. The van der Waals surface area contributed by atoms with Crippen LogP contribution in [0.2, 0.25) is 0 Å². The van der Waals surface area contributed by atoms with Crippen LogP contribution in [0.25, 0.3) is 0 Å². The molecule has 0 aliphatic heterocycles. The fourth-order valence-electron chi connectivity index (χ4n) is 0. The first kappa shape index (κ1) is 8.95. The van der Waals surface area contributed by atoms with Crippen molar-refractivity contribution < 1.29 is 9.90 Å². The topological polar surface area (TPSA) is 37.3 Å². The number of rotatable bonds is 0. The van der Waals surface area contributed by atoms with E-state index in [-0.39, 0.29) is 25.3 Å². The van der Waals surface area contributed by atoms with Gasteiger partial charge in [0.25, 0.3) is 6.47 Å². The minimum absolute atomic E-state index is 0. The van der Waals surface area contributed by atoms with Crippen LogP contribution in [-0.2, 0) is 4.79 Å². The van der Waals surface area contributed by atoms with Crippen LogP contribution >= 0.6 is 0 Å². The van der Waals surface area contributed by atoms with Crippen molar-refractivity contribution in [3.63, 3.8) is 0 Å². The zero-order valence-corrected chi connectivity index (χ0v) is 1.43. The summed E-state index contributed by atoms with van der Waals surface area (Å²) in [5, 5.41) is 6.89. The van der Waals surface area contributed by atoms with E-state index in [4.69, 9.17) is 9.90 Å². The van der Waals surface area contributed by atoms with E-state index in [1.54, 1.807) is 0 Å². The molecule has 0 aliphatic carbocycles. The molecule has 0 bridgehead atoms. The van der Waals surface area contributed by atoms with Gasteiger partial charge in [-0.1, -0.05) is 0 Å². The predicted octanol–water partition coefficient (Wildman–Crippen LogP) is -0.948. The van der Waals surface area contributed by atoms with E-state index in [1.165, 1.54) is 0 Å². The third-order valence-electron chi connectivity index (χ3n) is 0. The molecule has 0 unspecified atom stereocenters. The molecule has 0 aromatic carbocycles. The monoisotopic (exact) mass is 54.0 g/mol. The third kappa shape index (κ3) is 518. The fraction of sp³-hybridized carbons (Fsp3) is 0. The molecule has 1 N–H and O–H groups in total. The molecule has 0 saturated heterocycles. The second kappa shape index (κ2) is 11.5. The summed E-state index contributed by atoms with van der Waals surface area (Å²) in [6.45, 7) is -0.250. The SMILES string of the molecule is O=CO.[LiH]. The maximum absolute atomic E-state index is 8.36. The van der Waals surface area contributed by atoms with Gasteiger partial charge in [-0.15, -0.1) is 0 Å². The molecule has 2 nitrogen and oxygen atoms in total. The molecule has 0 atom stereocenters. The van der Waals surface area contributed by atoms with Crippen LogP contribution in [0.15, 0.2) is 0 Å². The van der Waals surface area contributed by atoms with E-state index < -0.39 is 0 Å². The molecule has 0 aliphatic rings. The Labute approximate surface area is 36.0 Å². The second-order valence-electron chi connectivity index (χ2n) is 0.105. The molecule has 0 spiro atoms. The number of carboxylic acid groups (broad SMARTS) is 1. The Morgan fingerprint density at radius 2 is 1.75 bits per heavy atom. The average Bonchev–Trinajstić information content (AvgIpc) is 0.918. The van der Waals surface area contributed by atoms with Crippen LogP contribution in [0.5, 0.6) is 0 Å². The van der Waals surface area contributed by atoms with Gasteiger partial charge in [-0.2, -0.15) is 0 Å².